The van der Waals surface area contributed by atoms with Crippen LogP contribution in [0.1, 0.15) is 23.0 Å². The molecule has 0 fully saturated rings. The highest BCUT2D eigenvalue weighted by atomic mass is 19.4. The summed E-state index contributed by atoms with van der Waals surface area (Å²) >= 11 is 0. The van der Waals surface area contributed by atoms with Crippen LogP contribution in [0.2, 0.25) is 0 Å². The number of aromatic nitrogens is 1. The van der Waals surface area contributed by atoms with E-state index in [1.807, 2.05) is 0 Å². The number of nitrogen functional groups attached to an aromatic ring is 1. The standard InChI is InChI=1S/C10H10F4N2O3/c1-2-18-9(17)5-3-6(15)8(16-7(5)4-11)19-10(12,13)14/h3H,2,4,15H2,1H3. The number of nitrogens with two attached hydrogens (primary N) is 1. The lowest BCUT2D eigenvalue weighted by Crippen LogP contribution is -2.20. The van der Waals surface area contributed by atoms with Gasteiger partial charge in [0.2, 0.25) is 5.88 Å². The van der Waals surface area contributed by atoms with Crippen molar-refractivity contribution < 1.29 is 31.8 Å². The average Bonchev–Trinajstić information content (AvgIpc) is 2.29. The second kappa shape index (κ2) is 5.72. The lowest BCUT2D eigenvalue weighted by molar-refractivity contribution is -0.275. The highest BCUT2D eigenvalue weighted by Gasteiger charge is 2.33. The van der Waals surface area contributed by atoms with Gasteiger partial charge in [-0.05, 0) is 13.0 Å². The van der Waals surface area contributed by atoms with Crippen LogP contribution in [-0.2, 0) is 11.4 Å². The smallest absolute Gasteiger partial charge is 0.462 e. The lowest BCUT2D eigenvalue weighted by atomic mass is 10.2. The molecule has 0 aliphatic rings. The van der Waals surface area contributed by atoms with Gasteiger partial charge in [-0.15, -0.1) is 13.2 Å². The van der Waals surface area contributed by atoms with Gasteiger partial charge in [-0.3, -0.25) is 0 Å². The molecule has 106 valence electrons. The number of hydrogen-bond acceptors (Lipinski definition) is 5. The maximum atomic E-state index is 12.7. The molecule has 1 rings (SSSR count). The first-order valence-electron chi connectivity index (χ1n) is 5.06. The SMILES string of the molecule is CCOC(=O)c1cc(N)c(OC(F)(F)F)nc1CF. The highest BCUT2D eigenvalue weighted by molar-refractivity contribution is 5.92. The fourth-order valence-electron chi connectivity index (χ4n) is 1.23. The molecular weight excluding hydrogens is 272 g/mol. The molecule has 1 aromatic rings. The van der Waals surface area contributed by atoms with Crippen LogP contribution in [0.15, 0.2) is 6.07 Å². The van der Waals surface area contributed by atoms with Gasteiger partial charge in [-0.25, -0.2) is 14.2 Å². The molecule has 0 radical (unpaired) electrons. The van der Waals surface area contributed by atoms with E-state index in [9.17, 15) is 22.4 Å². The number of carbonyl (C=O) groups is 1. The van der Waals surface area contributed by atoms with E-state index in [0.29, 0.717) is 0 Å². The zero-order valence-corrected chi connectivity index (χ0v) is 9.75. The zero-order valence-electron chi connectivity index (χ0n) is 9.75. The molecule has 5 nitrogen and oxygen atoms in total. The minimum atomic E-state index is -5.01. The third-order valence-corrected chi connectivity index (χ3v) is 1.93. The third kappa shape index (κ3) is 3.97. The zero-order chi connectivity index (χ0) is 14.6. The first kappa shape index (κ1) is 15.0. The van der Waals surface area contributed by atoms with E-state index in [-0.39, 0.29) is 12.2 Å². The quantitative estimate of drug-likeness (QED) is 0.677. The number of ether oxygens (including phenoxy) is 2. The summed E-state index contributed by atoms with van der Waals surface area (Å²) in [5.74, 6) is -1.93. The summed E-state index contributed by atoms with van der Waals surface area (Å²) in [6.45, 7) is 0.277. The van der Waals surface area contributed by atoms with Crippen LogP contribution in [0.25, 0.3) is 0 Å². The minimum Gasteiger partial charge on any atom is -0.462 e. The number of anilines is 1. The van der Waals surface area contributed by atoms with E-state index in [4.69, 9.17) is 5.73 Å². The van der Waals surface area contributed by atoms with Crippen LogP contribution in [0.4, 0.5) is 23.2 Å². The van der Waals surface area contributed by atoms with Gasteiger partial charge in [-0.1, -0.05) is 0 Å². The van der Waals surface area contributed by atoms with Gasteiger partial charge in [0.05, 0.1) is 23.6 Å². The van der Waals surface area contributed by atoms with Crippen molar-refractivity contribution in [1.29, 1.82) is 0 Å². The molecule has 0 bridgehead atoms. The van der Waals surface area contributed by atoms with Crippen molar-refractivity contribution in [2.45, 2.75) is 20.0 Å². The molecule has 0 aliphatic heterocycles. The van der Waals surface area contributed by atoms with Gasteiger partial charge in [0.25, 0.3) is 0 Å². The predicted molar refractivity (Wildman–Crippen MR) is 56.1 cm³/mol. The van der Waals surface area contributed by atoms with E-state index in [2.05, 4.69) is 14.5 Å². The van der Waals surface area contributed by atoms with Crippen molar-refractivity contribution in [3.63, 3.8) is 0 Å². The van der Waals surface area contributed by atoms with E-state index < -0.39 is 36.3 Å². The molecule has 1 heterocycles. The maximum absolute atomic E-state index is 12.7. The summed E-state index contributed by atoms with van der Waals surface area (Å²) in [6.07, 6.45) is -5.01. The molecule has 2 N–H and O–H groups in total. The first-order valence-corrected chi connectivity index (χ1v) is 5.06. The van der Waals surface area contributed by atoms with Gasteiger partial charge in [0.15, 0.2) is 0 Å². The number of rotatable bonds is 4. The second-order valence-electron chi connectivity index (χ2n) is 3.28. The number of alkyl halides is 4. The topological polar surface area (TPSA) is 74.4 Å². The maximum Gasteiger partial charge on any atom is 0.574 e. The van der Waals surface area contributed by atoms with Gasteiger partial charge >= 0.3 is 12.3 Å². The molecule has 19 heavy (non-hydrogen) atoms. The fraction of sp³-hybridized carbons (Fsp3) is 0.400. The van der Waals surface area contributed by atoms with Gasteiger partial charge in [0.1, 0.15) is 6.67 Å². The lowest BCUT2D eigenvalue weighted by Gasteiger charge is -2.13. The second-order valence-corrected chi connectivity index (χ2v) is 3.28. The van der Waals surface area contributed by atoms with E-state index in [0.717, 1.165) is 6.07 Å². The largest absolute Gasteiger partial charge is 0.574 e. The van der Waals surface area contributed by atoms with Crippen molar-refractivity contribution >= 4 is 11.7 Å². The fourth-order valence-corrected chi connectivity index (χ4v) is 1.23. The Morgan fingerprint density at radius 3 is 2.58 bits per heavy atom. The summed E-state index contributed by atoms with van der Waals surface area (Å²) in [7, 11) is 0. The molecule has 0 saturated carbocycles. The number of esters is 1. The summed E-state index contributed by atoms with van der Waals surface area (Å²) in [4.78, 5) is 14.7. The summed E-state index contributed by atoms with van der Waals surface area (Å²) in [5.41, 5.74) is 3.85. The Hall–Kier alpha value is -2.06. The minimum absolute atomic E-state index is 0.0191. The molecule has 0 atom stereocenters. The molecule has 0 amide bonds. The predicted octanol–water partition coefficient (Wildman–Crippen LogP) is 2.21. The van der Waals surface area contributed by atoms with Crippen LogP contribution >= 0.6 is 0 Å². The van der Waals surface area contributed by atoms with Crippen LogP contribution in [0.5, 0.6) is 5.88 Å². The summed E-state index contributed by atoms with van der Waals surface area (Å²) in [5, 5.41) is 0. The summed E-state index contributed by atoms with van der Waals surface area (Å²) in [6, 6.07) is 0.834. The Kier molecular flexibility index (Phi) is 4.52. The van der Waals surface area contributed by atoms with Crippen molar-refractivity contribution in [2.75, 3.05) is 12.3 Å². The number of pyridine rings is 1. The molecule has 0 aromatic carbocycles. The first-order chi connectivity index (χ1) is 8.78. The van der Waals surface area contributed by atoms with Crippen LogP contribution in [-0.4, -0.2) is 23.9 Å². The Balaban J connectivity index is 3.17. The number of halogens is 4. The van der Waals surface area contributed by atoms with Gasteiger partial charge in [-0.2, -0.15) is 0 Å². The molecule has 1 aromatic heterocycles. The summed E-state index contributed by atoms with van der Waals surface area (Å²) < 4.78 is 56.9. The Morgan fingerprint density at radius 1 is 1.47 bits per heavy atom. The highest BCUT2D eigenvalue weighted by Crippen LogP contribution is 2.28. The van der Waals surface area contributed by atoms with Gasteiger partial charge < -0.3 is 15.2 Å². The molecule has 0 spiro atoms. The van der Waals surface area contributed by atoms with Gasteiger partial charge in [0, 0.05) is 0 Å². The van der Waals surface area contributed by atoms with Crippen LogP contribution in [0.3, 0.4) is 0 Å². The Labute approximate surface area is 105 Å². The van der Waals surface area contributed by atoms with Crippen molar-refractivity contribution in [3.8, 4) is 5.88 Å². The number of hydrogen-bond donors (Lipinski definition) is 1. The Bertz CT molecular complexity index is 477. The van der Waals surface area contributed by atoms with E-state index in [1.54, 1.807) is 0 Å². The molecule has 9 heteroatoms. The molecule has 0 unspecified atom stereocenters. The van der Waals surface area contributed by atoms with E-state index in [1.165, 1.54) is 6.92 Å². The van der Waals surface area contributed by atoms with Crippen LogP contribution in [0, 0.1) is 0 Å². The monoisotopic (exact) mass is 282 g/mol. The Morgan fingerprint density at radius 2 is 2.11 bits per heavy atom. The average molecular weight is 282 g/mol. The molecule has 0 saturated heterocycles. The van der Waals surface area contributed by atoms with Crippen LogP contribution < -0.4 is 10.5 Å². The molecule has 0 aliphatic carbocycles. The molecular formula is C10H10F4N2O3. The van der Waals surface area contributed by atoms with Crippen molar-refractivity contribution in [1.82, 2.24) is 4.98 Å². The number of nitrogens with zero attached hydrogens (tertiary/aromatic N) is 1. The van der Waals surface area contributed by atoms with Crippen molar-refractivity contribution in [2.24, 2.45) is 0 Å². The third-order valence-electron chi connectivity index (χ3n) is 1.93. The normalized spacial score (nSPS) is 11.2. The van der Waals surface area contributed by atoms with E-state index >= 15 is 0 Å². The number of carbonyl (C=O) groups excluding carboxylic acids is 1. The van der Waals surface area contributed by atoms with Crippen molar-refractivity contribution in [3.05, 3.63) is 17.3 Å².